The molecule has 2 aliphatic carbocycles. The van der Waals surface area contributed by atoms with Gasteiger partial charge in [0.1, 0.15) is 0 Å². The summed E-state index contributed by atoms with van der Waals surface area (Å²) in [6, 6.07) is 0. The molecule has 2 aromatic heterocycles. The average molecular weight is 451 g/mol. The van der Waals surface area contributed by atoms with Crippen LogP contribution in [0.5, 0.6) is 0 Å². The fourth-order valence-corrected chi connectivity index (χ4v) is 6.66. The second-order valence-corrected chi connectivity index (χ2v) is 9.93. The molecule has 1 N–H and O–H groups in total. The number of carboxylic acid groups (broad SMARTS) is 1. The number of carbonyl (C=O) groups is 2. The van der Waals surface area contributed by atoms with E-state index >= 15 is 0 Å². The molecule has 0 saturated heterocycles. The van der Waals surface area contributed by atoms with Gasteiger partial charge in [-0.05, 0) is 83.3 Å². The highest BCUT2D eigenvalue weighted by Crippen LogP contribution is 2.35. The van der Waals surface area contributed by atoms with Crippen molar-refractivity contribution in [1.82, 2.24) is 0 Å². The first kappa shape index (κ1) is 24.6. The van der Waals surface area contributed by atoms with Crippen LogP contribution in [0.15, 0.2) is 0 Å². The normalized spacial score (nSPS) is 14.3. The topological polar surface area (TPSA) is 63.6 Å². The second kappa shape index (κ2) is 11.7. The van der Waals surface area contributed by atoms with Gasteiger partial charge in [-0.15, -0.1) is 22.7 Å². The number of thiophene rings is 2. The molecule has 0 bridgehead atoms. The molecule has 0 unspecified atom stereocenters. The maximum Gasteiger partial charge on any atom is 0.339 e. The van der Waals surface area contributed by atoms with Crippen LogP contribution in [0.2, 0.25) is 0 Å². The molecule has 0 atom stereocenters. The lowest BCUT2D eigenvalue weighted by atomic mass is 9.95. The van der Waals surface area contributed by atoms with Crippen LogP contribution < -0.4 is 0 Å². The summed E-state index contributed by atoms with van der Waals surface area (Å²) in [6.45, 7) is 10.2. The summed E-state index contributed by atoms with van der Waals surface area (Å²) in [5.41, 5.74) is 3.82. The van der Waals surface area contributed by atoms with Gasteiger partial charge in [-0.2, -0.15) is 0 Å². The molecule has 0 spiro atoms. The van der Waals surface area contributed by atoms with E-state index in [1.807, 2.05) is 34.6 Å². The summed E-state index contributed by atoms with van der Waals surface area (Å²) in [6.07, 6.45) is 9.05. The molecule has 2 heterocycles. The van der Waals surface area contributed by atoms with Gasteiger partial charge in [-0.3, -0.25) is 0 Å². The smallest absolute Gasteiger partial charge is 0.339 e. The number of hydrogen-bond donors (Lipinski definition) is 1. The Bertz CT molecular complexity index is 876. The van der Waals surface area contributed by atoms with E-state index in [4.69, 9.17) is 9.84 Å². The van der Waals surface area contributed by atoms with Gasteiger partial charge in [-0.1, -0.05) is 13.8 Å². The van der Waals surface area contributed by atoms with Crippen LogP contribution in [0.1, 0.15) is 97.8 Å². The lowest BCUT2D eigenvalue weighted by Gasteiger charge is -2.12. The molecule has 166 valence electrons. The van der Waals surface area contributed by atoms with Crippen molar-refractivity contribution in [3.05, 3.63) is 41.8 Å². The Hall–Kier alpha value is -1.66. The van der Waals surface area contributed by atoms with Gasteiger partial charge in [0.15, 0.2) is 0 Å². The Kier molecular flexibility index (Phi) is 9.56. The van der Waals surface area contributed by atoms with E-state index in [1.165, 1.54) is 34.6 Å². The van der Waals surface area contributed by atoms with E-state index in [0.717, 1.165) is 53.0 Å². The number of hydrogen-bond acceptors (Lipinski definition) is 5. The average Bonchev–Trinajstić information content (AvgIpc) is 3.25. The zero-order valence-electron chi connectivity index (χ0n) is 18.9. The summed E-state index contributed by atoms with van der Waals surface area (Å²) in [5, 5.41) is 9.02. The fourth-order valence-electron chi connectivity index (χ4n) is 4.16. The lowest BCUT2D eigenvalue weighted by Crippen LogP contribution is -2.10. The Morgan fingerprint density at radius 3 is 1.73 bits per heavy atom. The van der Waals surface area contributed by atoms with Crippen molar-refractivity contribution in [2.45, 2.75) is 86.0 Å². The predicted octanol–water partition coefficient (Wildman–Crippen LogP) is 6.77. The van der Waals surface area contributed by atoms with E-state index in [-0.39, 0.29) is 5.97 Å². The number of rotatable bonds is 3. The van der Waals surface area contributed by atoms with E-state index in [0.29, 0.717) is 12.2 Å². The molecule has 4 rings (SSSR count). The largest absolute Gasteiger partial charge is 0.478 e. The van der Waals surface area contributed by atoms with Crippen molar-refractivity contribution >= 4 is 34.6 Å². The number of ether oxygens (including phenoxy) is 1. The van der Waals surface area contributed by atoms with Crippen molar-refractivity contribution in [2.24, 2.45) is 0 Å². The Balaban J connectivity index is 0.000000199. The Labute approximate surface area is 188 Å². The molecular formula is C24H34O4S2. The third-order valence-corrected chi connectivity index (χ3v) is 7.80. The third kappa shape index (κ3) is 5.52. The molecule has 0 radical (unpaired) electrons. The van der Waals surface area contributed by atoms with Crippen molar-refractivity contribution < 1.29 is 19.4 Å². The van der Waals surface area contributed by atoms with E-state index in [9.17, 15) is 9.59 Å². The molecule has 2 aliphatic rings. The quantitative estimate of drug-likeness (QED) is 0.524. The van der Waals surface area contributed by atoms with Crippen LogP contribution in [-0.2, 0) is 30.4 Å². The first-order valence-electron chi connectivity index (χ1n) is 11.1. The van der Waals surface area contributed by atoms with Crippen molar-refractivity contribution in [2.75, 3.05) is 6.61 Å². The first-order valence-corrected chi connectivity index (χ1v) is 12.7. The number of aryl methyl sites for hydroxylation is 4. The number of carbonyl (C=O) groups excluding carboxylic acids is 1. The van der Waals surface area contributed by atoms with Gasteiger partial charge in [-0.25, -0.2) is 9.59 Å². The highest BCUT2D eigenvalue weighted by atomic mass is 32.1. The standard InChI is InChI=1S/C12H16O2S.C10H12O2S.C2H6/c1-3-14-12(13)11-8(2)15-10-7-5-4-6-9(10)11;1-6-9(10(11)12)7-4-2-3-5-8(7)13-6;1-2/h3-7H2,1-2H3;2-5H2,1H3,(H,11,12);1-2H3. The van der Waals surface area contributed by atoms with Crippen LogP contribution >= 0.6 is 22.7 Å². The highest BCUT2D eigenvalue weighted by molar-refractivity contribution is 7.12. The molecule has 6 heteroatoms. The highest BCUT2D eigenvalue weighted by Gasteiger charge is 2.24. The predicted molar refractivity (Wildman–Crippen MR) is 126 cm³/mol. The molecule has 0 aliphatic heterocycles. The minimum Gasteiger partial charge on any atom is -0.478 e. The van der Waals surface area contributed by atoms with Crippen molar-refractivity contribution in [3.8, 4) is 0 Å². The zero-order valence-corrected chi connectivity index (χ0v) is 20.5. The van der Waals surface area contributed by atoms with E-state index in [1.54, 1.807) is 22.7 Å². The van der Waals surface area contributed by atoms with Crippen LogP contribution in [0.3, 0.4) is 0 Å². The lowest BCUT2D eigenvalue weighted by molar-refractivity contribution is 0.0524. The maximum atomic E-state index is 11.8. The number of aromatic carboxylic acids is 1. The summed E-state index contributed by atoms with van der Waals surface area (Å²) in [5.74, 6) is -0.883. The summed E-state index contributed by atoms with van der Waals surface area (Å²) in [7, 11) is 0. The molecular weight excluding hydrogens is 416 g/mol. The molecule has 4 nitrogen and oxygen atoms in total. The Morgan fingerprint density at radius 2 is 1.27 bits per heavy atom. The SMILES string of the molecule is CC.CCOC(=O)c1c(C)sc2c1CCCC2.Cc1sc2c(c1C(=O)O)CCCC2. The molecule has 0 aromatic carbocycles. The van der Waals surface area contributed by atoms with Gasteiger partial charge >= 0.3 is 11.9 Å². The Morgan fingerprint density at radius 1 is 0.833 bits per heavy atom. The van der Waals surface area contributed by atoms with E-state index < -0.39 is 5.97 Å². The summed E-state index contributed by atoms with van der Waals surface area (Å²) < 4.78 is 5.10. The first-order chi connectivity index (χ1) is 14.4. The van der Waals surface area contributed by atoms with E-state index in [2.05, 4.69) is 0 Å². The van der Waals surface area contributed by atoms with Gasteiger partial charge in [0.05, 0.1) is 17.7 Å². The van der Waals surface area contributed by atoms with Crippen LogP contribution in [0, 0.1) is 13.8 Å². The minimum absolute atomic E-state index is 0.130. The number of carboxylic acids is 1. The number of fused-ring (bicyclic) bond motifs is 2. The van der Waals surface area contributed by atoms with Crippen LogP contribution in [0.4, 0.5) is 0 Å². The van der Waals surface area contributed by atoms with Gasteiger partial charge < -0.3 is 9.84 Å². The molecule has 0 amide bonds. The van der Waals surface area contributed by atoms with Crippen LogP contribution in [-0.4, -0.2) is 23.7 Å². The van der Waals surface area contributed by atoms with Gasteiger partial charge in [0.2, 0.25) is 0 Å². The molecule has 30 heavy (non-hydrogen) atoms. The summed E-state index contributed by atoms with van der Waals surface area (Å²) >= 11 is 3.43. The second-order valence-electron chi connectivity index (χ2n) is 7.31. The minimum atomic E-state index is -0.753. The molecule has 0 saturated carbocycles. The van der Waals surface area contributed by atoms with Crippen molar-refractivity contribution in [1.29, 1.82) is 0 Å². The number of esters is 1. The van der Waals surface area contributed by atoms with Gasteiger partial charge in [0.25, 0.3) is 0 Å². The van der Waals surface area contributed by atoms with Crippen molar-refractivity contribution in [3.63, 3.8) is 0 Å². The molecule has 2 aromatic rings. The fraction of sp³-hybridized carbons (Fsp3) is 0.583. The third-order valence-electron chi connectivity index (χ3n) is 5.39. The monoisotopic (exact) mass is 450 g/mol. The zero-order chi connectivity index (χ0) is 22.3. The maximum absolute atomic E-state index is 11.8. The van der Waals surface area contributed by atoms with Crippen LogP contribution in [0.25, 0.3) is 0 Å². The van der Waals surface area contributed by atoms with Gasteiger partial charge in [0, 0.05) is 19.5 Å². The molecule has 0 fully saturated rings. The summed E-state index contributed by atoms with van der Waals surface area (Å²) in [4.78, 5) is 27.6.